The van der Waals surface area contributed by atoms with Gasteiger partial charge < -0.3 is 4.90 Å². The number of hydrogen-bond acceptors (Lipinski definition) is 1. The molecule has 1 fully saturated rings. The van der Waals surface area contributed by atoms with Crippen molar-refractivity contribution >= 4 is 5.91 Å². The van der Waals surface area contributed by atoms with Crippen molar-refractivity contribution in [3.05, 3.63) is 0 Å². The predicted octanol–water partition coefficient (Wildman–Crippen LogP) is 1.65. The molecule has 0 aromatic carbocycles. The van der Waals surface area contributed by atoms with E-state index in [1.165, 1.54) is 0 Å². The van der Waals surface area contributed by atoms with E-state index in [0.29, 0.717) is 17.9 Å². The maximum atomic E-state index is 11.3. The van der Waals surface area contributed by atoms with E-state index < -0.39 is 0 Å². The molecule has 2 heteroatoms. The van der Waals surface area contributed by atoms with Crippen molar-refractivity contribution < 1.29 is 4.79 Å². The Balaban J connectivity index is 2.52. The van der Waals surface area contributed by atoms with E-state index in [-0.39, 0.29) is 0 Å². The van der Waals surface area contributed by atoms with Crippen LogP contribution in [0.25, 0.3) is 0 Å². The first kappa shape index (κ1) is 8.57. The van der Waals surface area contributed by atoms with Gasteiger partial charge >= 0.3 is 0 Å². The molecule has 1 aliphatic rings. The van der Waals surface area contributed by atoms with Crippen molar-refractivity contribution in [2.45, 2.75) is 39.7 Å². The summed E-state index contributed by atoms with van der Waals surface area (Å²) in [4.78, 5) is 13.3. The third kappa shape index (κ3) is 1.73. The second kappa shape index (κ2) is 3.24. The second-order valence-electron chi connectivity index (χ2n) is 3.61. The molecule has 11 heavy (non-hydrogen) atoms. The number of likely N-dealkylation sites (tertiary alicyclic amines) is 1. The zero-order valence-corrected chi connectivity index (χ0v) is 7.63. The fourth-order valence-corrected chi connectivity index (χ4v) is 1.56. The fourth-order valence-electron chi connectivity index (χ4n) is 1.56. The van der Waals surface area contributed by atoms with E-state index in [1.807, 2.05) is 4.90 Å². The van der Waals surface area contributed by atoms with Crippen LogP contribution in [0.2, 0.25) is 0 Å². The van der Waals surface area contributed by atoms with Crippen LogP contribution < -0.4 is 0 Å². The maximum Gasteiger partial charge on any atom is 0.223 e. The largest absolute Gasteiger partial charge is 0.340 e. The molecule has 0 aliphatic carbocycles. The van der Waals surface area contributed by atoms with E-state index >= 15 is 0 Å². The minimum Gasteiger partial charge on any atom is -0.340 e. The van der Waals surface area contributed by atoms with Crippen LogP contribution in [0.15, 0.2) is 0 Å². The predicted molar refractivity (Wildman–Crippen MR) is 45.2 cm³/mol. The van der Waals surface area contributed by atoms with Crippen molar-refractivity contribution in [1.82, 2.24) is 4.90 Å². The standard InChI is InChI=1S/C9H17NO/c1-4-8(3)10-6-7(2)5-9(10)11/h7-8H,4-6H2,1-3H3. The van der Waals surface area contributed by atoms with E-state index in [1.54, 1.807) is 0 Å². The van der Waals surface area contributed by atoms with Gasteiger partial charge in [0.15, 0.2) is 0 Å². The highest BCUT2D eigenvalue weighted by Gasteiger charge is 2.28. The van der Waals surface area contributed by atoms with Crippen LogP contribution in [0.4, 0.5) is 0 Å². The quantitative estimate of drug-likeness (QED) is 0.594. The van der Waals surface area contributed by atoms with Gasteiger partial charge in [-0.15, -0.1) is 0 Å². The van der Waals surface area contributed by atoms with Gasteiger partial charge in [0.05, 0.1) is 0 Å². The van der Waals surface area contributed by atoms with Crippen LogP contribution in [0.5, 0.6) is 0 Å². The highest BCUT2D eigenvalue weighted by Crippen LogP contribution is 2.20. The Morgan fingerprint density at radius 3 is 2.73 bits per heavy atom. The number of hydrogen-bond donors (Lipinski definition) is 0. The molecule has 0 aromatic rings. The van der Waals surface area contributed by atoms with Crippen molar-refractivity contribution in [1.29, 1.82) is 0 Å². The molecule has 0 N–H and O–H groups in total. The number of nitrogens with zero attached hydrogens (tertiary/aromatic N) is 1. The minimum atomic E-state index is 0.340. The molecule has 2 atom stereocenters. The van der Waals surface area contributed by atoms with Gasteiger partial charge in [0.2, 0.25) is 5.91 Å². The lowest BCUT2D eigenvalue weighted by Crippen LogP contribution is -2.33. The number of rotatable bonds is 2. The van der Waals surface area contributed by atoms with Crippen LogP contribution in [0.3, 0.4) is 0 Å². The summed E-state index contributed by atoms with van der Waals surface area (Å²) in [5.41, 5.74) is 0. The van der Waals surface area contributed by atoms with Gasteiger partial charge in [0.25, 0.3) is 0 Å². The lowest BCUT2D eigenvalue weighted by molar-refractivity contribution is -0.129. The number of carbonyl (C=O) groups is 1. The third-order valence-corrected chi connectivity index (χ3v) is 2.47. The van der Waals surface area contributed by atoms with Crippen molar-refractivity contribution in [2.75, 3.05) is 6.54 Å². The van der Waals surface area contributed by atoms with E-state index in [4.69, 9.17) is 0 Å². The Hall–Kier alpha value is -0.530. The van der Waals surface area contributed by atoms with E-state index in [2.05, 4.69) is 20.8 Å². The Bertz CT molecular complexity index is 156. The molecular weight excluding hydrogens is 138 g/mol. The van der Waals surface area contributed by atoms with Gasteiger partial charge in [0, 0.05) is 19.0 Å². The molecule has 1 saturated heterocycles. The average Bonchev–Trinajstić information content (AvgIpc) is 2.28. The Labute approximate surface area is 68.6 Å². The van der Waals surface area contributed by atoms with Crippen molar-refractivity contribution in [3.63, 3.8) is 0 Å². The zero-order valence-electron chi connectivity index (χ0n) is 7.63. The maximum absolute atomic E-state index is 11.3. The molecule has 2 nitrogen and oxygen atoms in total. The molecular formula is C9H17NO. The molecule has 0 saturated carbocycles. The monoisotopic (exact) mass is 155 g/mol. The molecule has 1 aliphatic heterocycles. The topological polar surface area (TPSA) is 20.3 Å². The highest BCUT2D eigenvalue weighted by molar-refractivity contribution is 5.78. The smallest absolute Gasteiger partial charge is 0.223 e. The Morgan fingerprint density at radius 2 is 2.36 bits per heavy atom. The normalized spacial score (nSPS) is 27.7. The fraction of sp³-hybridized carbons (Fsp3) is 0.889. The van der Waals surface area contributed by atoms with Crippen LogP contribution in [0, 0.1) is 5.92 Å². The summed E-state index contributed by atoms with van der Waals surface area (Å²) in [6, 6.07) is 0.437. The molecule has 0 bridgehead atoms. The molecule has 2 unspecified atom stereocenters. The summed E-state index contributed by atoms with van der Waals surface area (Å²) in [7, 11) is 0. The Kier molecular flexibility index (Phi) is 2.53. The Morgan fingerprint density at radius 1 is 1.73 bits per heavy atom. The SMILES string of the molecule is CCC(C)N1CC(C)CC1=O. The van der Waals surface area contributed by atoms with Crippen LogP contribution in [0.1, 0.15) is 33.6 Å². The van der Waals surface area contributed by atoms with Crippen LogP contribution in [-0.4, -0.2) is 23.4 Å². The molecule has 0 spiro atoms. The van der Waals surface area contributed by atoms with Gasteiger partial charge in [-0.1, -0.05) is 13.8 Å². The summed E-state index contributed by atoms with van der Waals surface area (Å²) in [6.07, 6.45) is 1.82. The second-order valence-corrected chi connectivity index (χ2v) is 3.61. The van der Waals surface area contributed by atoms with Gasteiger partial charge in [-0.2, -0.15) is 0 Å². The van der Waals surface area contributed by atoms with Crippen LogP contribution >= 0.6 is 0 Å². The van der Waals surface area contributed by atoms with Gasteiger partial charge in [-0.05, 0) is 19.3 Å². The van der Waals surface area contributed by atoms with Crippen molar-refractivity contribution in [3.8, 4) is 0 Å². The highest BCUT2D eigenvalue weighted by atomic mass is 16.2. The first-order valence-corrected chi connectivity index (χ1v) is 4.44. The molecule has 1 heterocycles. The molecule has 64 valence electrons. The van der Waals surface area contributed by atoms with Crippen LogP contribution in [-0.2, 0) is 4.79 Å². The first-order chi connectivity index (χ1) is 5.15. The molecule has 1 rings (SSSR count). The minimum absolute atomic E-state index is 0.340. The summed E-state index contributed by atoms with van der Waals surface area (Å²) in [6.45, 7) is 7.35. The third-order valence-electron chi connectivity index (χ3n) is 2.47. The van der Waals surface area contributed by atoms with E-state index in [0.717, 1.165) is 19.4 Å². The summed E-state index contributed by atoms with van der Waals surface area (Å²) >= 11 is 0. The van der Waals surface area contributed by atoms with Crippen molar-refractivity contribution in [2.24, 2.45) is 5.92 Å². The molecule has 0 aromatic heterocycles. The van der Waals surface area contributed by atoms with Gasteiger partial charge in [0.1, 0.15) is 0 Å². The first-order valence-electron chi connectivity index (χ1n) is 4.44. The average molecular weight is 155 g/mol. The van der Waals surface area contributed by atoms with Gasteiger partial charge in [-0.3, -0.25) is 4.79 Å². The lowest BCUT2D eigenvalue weighted by Gasteiger charge is -2.22. The molecule has 1 amide bonds. The summed E-state index contributed by atoms with van der Waals surface area (Å²) in [5.74, 6) is 0.906. The van der Waals surface area contributed by atoms with Gasteiger partial charge in [-0.25, -0.2) is 0 Å². The van der Waals surface area contributed by atoms with E-state index in [9.17, 15) is 4.79 Å². The lowest BCUT2D eigenvalue weighted by atomic mass is 10.2. The number of carbonyl (C=O) groups excluding carboxylic acids is 1. The summed E-state index contributed by atoms with van der Waals surface area (Å²) in [5, 5.41) is 0. The zero-order chi connectivity index (χ0) is 8.43. The molecule has 0 radical (unpaired) electrons. The number of amides is 1. The summed E-state index contributed by atoms with van der Waals surface area (Å²) < 4.78 is 0.